The highest BCUT2D eigenvalue weighted by molar-refractivity contribution is 5.83. The van der Waals surface area contributed by atoms with Crippen molar-refractivity contribution in [3.8, 4) is 6.07 Å². The van der Waals surface area contributed by atoms with Crippen molar-refractivity contribution in [3.63, 3.8) is 0 Å². The third kappa shape index (κ3) is 2.51. The number of carbonyl (C=O) groups excluding carboxylic acids is 1. The number of allylic oxidation sites excluding steroid dienone is 2. The van der Waals surface area contributed by atoms with E-state index in [2.05, 4.69) is 4.74 Å². The summed E-state index contributed by atoms with van der Waals surface area (Å²) in [4.78, 5) is 11.9. The third-order valence-electron chi connectivity index (χ3n) is 3.62. The van der Waals surface area contributed by atoms with Crippen LogP contribution in [0.3, 0.4) is 0 Å². The molecule has 1 aliphatic rings. The van der Waals surface area contributed by atoms with E-state index in [4.69, 9.17) is 0 Å². The summed E-state index contributed by atoms with van der Waals surface area (Å²) in [6.07, 6.45) is -1.16. The molecule has 21 heavy (non-hydrogen) atoms. The van der Waals surface area contributed by atoms with Gasteiger partial charge < -0.3 is 4.74 Å². The molecule has 0 radical (unpaired) electrons. The Bertz CT molecular complexity index is 631. The van der Waals surface area contributed by atoms with E-state index in [1.807, 2.05) is 6.07 Å². The molecule has 1 aliphatic carbocycles. The Hall–Kier alpha value is -2.29. The number of rotatable bonds is 2. The number of nitrogens with zero attached hydrogens (tertiary/aromatic N) is 1. The van der Waals surface area contributed by atoms with Crippen LogP contribution in [0.15, 0.2) is 36.4 Å². The molecular formula is C15H12F3NO2. The van der Waals surface area contributed by atoms with Crippen molar-refractivity contribution in [1.29, 1.82) is 5.26 Å². The molecule has 0 saturated heterocycles. The van der Waals surface area contributed by atoms with Gasteiger partial charge in [-0.25, -0.2) is 0 Å². The first-order valence-electron chi connectivity index (χ1n) is 6.18. The standard InChI is InChI=1S/C15H12F3NO2/c1-21-13(20)14(9-19)7-3-6-12(14)10-4-2-5-11(8-10)15(16,17)18/h2-6,8,12H,7H2,1H3/t12-,14-/m0/s1. The van der Waals surface area contributed by atoms with E-state index in [1.54, 1.807) is 12.2 Å². The van der Waals surface area contributed by atoms with Crippen LogP contribution >= 0.6 is 0 Å². The normalized spacial score (nSPS) is 24.6. The van der Waals surface area contributed by atoms with Crippen LogP contribution in [0.4, 0.5) is 13.2 Å². The molecule has 0 bridgehead atoms. The second kappa shape index (κ2) is 5.24. The first-order chi connectivity index (χ1) is 9.85. The third-order valence-corrected chi connectivity index (χ3v) is 3.62. The molecule has 0 N–H and O–H groups in total. The second-order valence-corrected chi connectivity index (χ2v) is 4.81. The maximum absolute atomic E-state index is 12.8. The van der Waals surface area contributed by atoms with Gasteiger partial charge in [-0.1, -0.05) is 30.4 Å². The van der Waals surface area contributed by atoms with Gasteiger partial charge >= 0.3 is 12.1 Å². The average Bonchev–Trinajstić information content (AvgIpc) is 2.90. The Morgan fingerprint density at radius 2 is 2.19 bits per heavy atom. The molecule has 0 spiro atoms. The summed E-state index contributed by atoms with van der Waals surface area (Å²) < 4.78 is 43.0. The lowest BCUT2D eigenvalue weighted by molar-refractivity contribution is -0.149. The number of hydrogen-bond donors (Lipinski definition) is 0. The van der Waals surface area contributed by atoms with Crippen LogP contribution in [0.1, 0.15) is 23.5 Å². The second-order valence-electron chi connectivity index (χ2n) is 4.81. The summed E-state index contributed by atoms with van der Waals surface area (Å²) in [6.45, 7) is 0. The molecule has 1 aromatic rings. The maximum Gasteiger partial charge on any atom is 0.416 e. The summed E-state index contributed by atoms with van der Waals surface area (Å²) in [5, 5.41) is 9.37. The van der Waals surface area contributed by atoms with E-state index in [0.717, 1.165) is 19.2 Å². The zero-order valence-corrected chi connectivity index (χ0v) is 11.1. The van der Waals surface area contributed by atoms with E-state index in [9.17, 15) is 23.2 Å². The smallest absolute Gasteiger partial charge is 0.416 e. The van der Waals surface area contributed by atoms with E-state index < -0.39 is 29.0 Å². The van der Waals surface area contributed by atoms with Crippen LogP contribution in [-0.4, -0.2) is 13.1 Å². The highest BCUT2D eigenvalue weighted by atomic mass is 19.4. The van der Waals surface area contributed by atoms with Gasteiger partial charge in [0.25, 0.3) is 0 Å². The fourth-order valence-corrected chi connectivity index (χ4v) is 2.54. The molecule has 2 rings (SSSR count). The molecule has 0 saturated carbocycles. The fourth-order valence-electron chi connectivity index (χ4n) is 2.54. The van der Waals surface area contributed by atoms with Gasteiger partial charge in [0.05, 0.1) is 18.7 Å². The largest absolute Gasteiger partial charge is 0.468 e. The number of benzene rings is 1. The van der Waals surface area contributed by atoms with Crippen LogP contribution in [0, 0.1) is 16.7 Å². The minimum atomic E-state index is -4.47. The van der Waals surface area contributed by atoms with Crippen molar-refractivity contribution in [2.75, 3.05) is 7.11 Å². The first-order valence-corrected chi connectivity index (χ1v) is 6.18. The number of nitriles is 1. The molecule has 0 heterocycles. The Morgan fingerprint density at radius 1 is 1.48 bits per heavy atom. The predicted octanol–water partition coefficient (Wildman–Crippen LogP) is 3.43. The molecule has 0 aromatic heterocycles. The molecule has 110 valence electrons. The van der Waals surface area contributed by atoms with Gasteiger partial charge in [-0.05, 0) is 18.1 Å². The molecule has 0 aliphatic heterocycles. The van der Waals surface area contributed by atoms with Gasteiger partial charge in [-0.3, -0.25) is 4.79 Å². The van der Waals surface area contributed by atoms with Crippen molar-refractivity contribution in [2.24, 2.45) is 5.41 Å². The monoisotopic (exact) mass is 295 g/mol. The van der Waals surface area contributed by atoms with E-state index in [1.165, 1.54) is 12.1 Å². The van der Waals surface area contributed by atoms with Gasteiger partial charge in [-0.2, -0.15) is 18.4 Å². The Labute approximate surface area is 119 Å². The quantitative estimate of drug-likeness (QED) is 0.620. The molecule has 1 aromatic carbocycles. The van der Waals surface area contributed by atoms with Gasteiger partial charge in [0.2, 0.25) is 0 Å². The number of methoxy groups -OCH3 is 1. The SMILES string of the molecule is COC(=O)[C@]1(C#N)CC=C[C@H]1c1cccc(C(F)(F)F)c1. The maximum atomic E-state index is 12.8. The summed E-state index contributed by atoms with van der Waals surface area (Å²) in [6, 6.07) is 6.58. The van der Waals surface area contributed by atoms with Crippen molar-refractivity contribution >= 4 is 5.97 Å². The van der Waals surface area contributed by atoms with Crippen LogP contribution in [0.25, 0.3) is 0 Å². The lowest BCUT2D eigenvalue weighted by Gasteiger charge is -2.26. The number of ether oxygens (including phenoxy) is 1. The number of esters is 1. The number of halogens is 3. The zero-order valence-electron chi connectivity index (χ0n) is 11.1. The van der Waals surface area contributed by atoms with Crippen LogP contribution in [0.5, 0.6) is 0 Å². The van der Waals surface area contributed by atoms with Gasteiger partial charge in [0.15, 0.2) is 5.41 Å². The van der Waals surface area contributed by atoms with E-state index >= 15 is 0 Å². The predicted molar refractivity (Wildman–Crippen MR) is 68.0 cm³/mol. The van der Waals surface area contributed by atoms with Crippen molar-refractivity contribution < 1.29 is 22.7 Å². The summed E-state index contributed by atoms with van der Waals surface area (Å²) in [5.74, 6) is -1.49. The highest BCUT2D eigenvalue weighted by Crippen LogP contribution is 2.46. The van der Waals surface area contributed by atoms with E-state index in [-0.39, 0.29) is 12.0 Å². The zero-order chi connectivity index (χ0) is 15.7. The average molecular weight is 295 g/mol. The molecule has 3 nitrogen and oxygen atoms in total. The molecule has 2 atom stereocenters. The number of hydrogen-bond acceptors (Lipinski definition) is 3. The molecule has 6 heteroatoms. The first kappa shape index (κ1) is 15.1. The molecule has 0 fully saturated rings. The fraction of sp³-hybridized carbons (Fsp3) is 0.333. The summed E-state index contributed by atoms with van der Waals surface area (Å²) >= 11 is 0. The van der Waals surface area contributed by atoms with Crippen molar-refractivity contribution in [1.82, 2.24) is 0 Å². The van der Waals surface area contributed by atoms with Gasteiger partial charge in [0.1, 0.15) is 0 Å². The summed E-state index contributed by atoms with van der Waals surface area (Å²) in [7, 11) is 1.16. The Kier molecular flexibility index (Phi) is 3.77. The highest BCUT2D eigenvalue weighted by Gasteiger charge is 2.49. The number of alkyl halides is 3. The van der Waals surface area contributed by atoms with Crippen LogP contribution < -0.4 is 0 Å². The number of carbonyl (C=O) groups is 1. The molecule has 0 unspecified atom stereocenters. The minimum Gasteiger partial charge on any atom is -0.468 e. The van der Waals surface area contributed by atoms with Crippen molar-refractivity contribution in [3.05, 3.63) is 47.5 Å². The summed E-state index contributed by atoms with van der Waals surface area (Å²) in [5.41, 5.74) is -2.04. The lowest BCUT2D eigenvalue weighted by atomic mass is 9.74. The minimum absolute atomic E-state index is 0.122. The van der Waals surface area contributed by atoms with Gasteiger partial charge in [0, 0.05) is 5.92 Å². The topological polar surface area (TPSA) is 50.1 Å². The lowest BCUT2D eigenvalue weighted by Crippen LogP contribution is -2.33. The molecule has 0 amide bonds. The Balaban J connectivity index is 2.48. The van der Waals surface area contributed by atoms with E-state index in [0.29, 0.717) is 0 Å². The Morgan fingerprint density at radius 3 is 2.76 bits per heavy atom. The van der Waals surface area contributed by atoms with Crippen LogP contribution in [0.2, 0.25) is 0 Å². The molecular weight excluding hydrogens is 283 g/mol. The van der Waals surface area contributed by atoms with Crippen molar-refractivity contribution in [2.45, 2.75) is 18.5 Å². The van der Waals surface area contributed by atoms with Gasteiger partial charge in [-0.15, -0.1) is 0 Å². The van der Waals surface area contributed by atoms with Crippen LogP contribution in [-0.2, 0) is 15.7 Å².